The van der Waals surface area contributed by atoms with Crippen molar-refractivity contribution in [3.63, 3.8) is 0 Å². The minimum absolute atomic E-state index is 0.0580. The van der Waals surface area contributed by atoms with Gasteiger partial charge in [0.15, 0.2) is 12.1 Å². The topological polar surface area (TPSA) is 154 Å². The highest BCUT2D eigenvalue weighted by Gasteiger charge is 2.51. The number of rotatable bonds is 5. The molecule has 0 bridgehead atoms. The zero-order valence-corrected chi connectivity index (χ0v) is 16.5. The van der Waals surface area contributed by atoms with Crippen molar-refractivity contribution in [1.82, 2.24) is 0 Å². The average Bonchev–Trinajstić information content (AvgIpc) is 2.57. The minimum atomic E-state index is -1.62. The van der Waals surface area contributed by atoms with Crippen LogP contribution in [-0.2, 0) is 19.1 Å². The van der Waals surface area contributed by atoms with Crippen LogP contribution in [0.25, 0.3) is 0 Å². The molecule has 9 nitrogen and oxygen atoms in total. The maximum atomic E-state index is 12.1. The molecule has 1 saturated carbocycles. The molecule has 0 amide bonds. The van der Waals surface area contributed by atoms with Gasteiger partial charge < -0.3 is 35.0 Å². The van der Waals surface area contributed by atoms with Crippen LogP contribution in [0.5, 0.6) is 0 Å². The lowest BCUT2D eigenvalue weighted by Gasteiger charge is -2.50. The highest BCUT2D eigenvalue weighted by atomic mass is 16.7. The Labute approximate surface area is 163 Å². The number of carbonyl (C=O) groups excluding carboxylic acids is 2. The van der Waals surface area contributed by atoms with Gasteiger partial charge >= 0.3 is 0 Å². The normalized spacial score (nSPS) is 42.4. The fourth-order valence-corrected chi connectivity index (χ4v) is 4.16. The first-order chi connectivity index (χ1) is 12.8. The Morgan fingerprint density at radius 3 is 2.25 bits per heavy atom. The first-order valence-electron chi connectivity index (χ1n) is 9.26. The molecule has 0 unspecified atom stereocenters. The summed E-state index contributed by atoms with van der Waals surface area (Å²) >= 11 is 0. The smallest absolute Gasteiger partial charge is 0.221 e. The molecule has 1 aliphatic heterocycles. The van der Waals surface area contributed by atoms with E-state index >= 15 is 0 Å². The van der Waals surface area contributed by atoms with Gasteiger partial charge in [0.25, 0.3) is 0 Å². The van der Waals surface area contributed by atoms with Crippen LogP contribution in [0.2, 0.25) is 0 Å². The van der Waals surface area contributed by atoms with Crippen molar-refractivity contribution < 1.29 is 44.6 Å². The molecular formula is C19H30O9. The molecule has 2 aliphatic rings. The fraction of sp³-hybridized carbons (Fsp3) is 0.789. The zero-order chi connectivity index (χ0) is 21.4. The summed E-state index contributed by atoms with van der Waals surface area (Å²) in [4.78, 5) is 23.6. The summed E-state index contributed by atoms with van der Waals surface area (Å²) in [6.45, 7) is 5.73. The summed E-state index contributed by atoms with van der Waals surface area (Å²) in [7, 11) is 0. The standard InChI is InChI=1S/C19H30O9/c1-9(21)11(23)5-13-18(2,3)6-10(22)7-19(13,4)28-17-16(26)15(25)14(24)12(8-20)27-17/h5,10,12,14-17,20,22,24-26H,6-8H2,1-4H3/b13-5+/t10-,12+,14+,15-,16+,17-,19-/m0/s1. The molecule has 1 saturated heterocycles. The van der Waals surface area contributed by atoms with Crippen molar-refractivity contribution in [2.24, 2.45) is 5.41 Å². The molecule has 0 aromatic carbocycles. The molecule has 7 atom stereocenters. The predicted octanol–water partition coefficient (Wildman–Crippen LogP) is -1.17. The van der Waals surface area contributed by atoms with Crippen LogP contribution in [0.1, 0.15) is 40.5 Å². The Bertz CT molecular complexity index is 641. The Hall–Kier alpha value is -1.20. The minimum Gasteiger partial charge on any atom is -0.394 e. The van der Waals surface area contributed by atoms with Crippen LogP contribution < -0.4 is 0 Å². The third kappa shape index (κ3) is 4.51. The largest absolute Gasteiger partial charge is 0.394 e. The van der Waals surface area contributed by atoms with Crippen molar-refractivity contribution in [3.8, 4) is 0 Å². The monoisotopic (exact) mass is 402 g/mol. The van der Waals surface area contributed by atoms with Gasteiger partial charge in [0, 0.05) is 13.3 Å². The Kier molecular flexibility index (Phi) is 6.82. The molecule has 2 fully saturated rings. The zero-order valence-electron chi connectivity index (χ0n) is 16.5. The van der Waals surface area contributed by atoms with Gasteiger partial charge in [-0.3, -0.25) is 9.59 Å². The quantitative estimate of drug-likeness (QED) is 0.283. The molecule has 1 heterocycles. The van der Waals surface area contributed by atoms with E-state index in [4.69, 9.17) is 9.47 Å². The van der Waals surface area contributed by atoms with Crippen molar-refractivity contribution in [1.29, 1.82) is 0 Å². The second kappa shape index (κ2) is 8.27. The molecule has 5 N–H and O–H groups in total. The van der Waals surface area contributed by atoms with E-state index < -0.39 is 66.0 Å². The van der Waals surface area contributed by atoms with E-state index in [1.54, 1.807) is 20.8 Å². The molecule has 0 aromatic heterocycles. The number of carbonyl (C=O) groups is 2. The van der Waals surface area contributed by atoms with E-state index in [9.17, 15) is 35.1 Å². The van der Waals surface area contributed by atoms with Crippen molar-refractivity contribution >= 4 is 11.6 Å². The van der Waals surface area contributed by atoms with E-state index in [0.29, 0.717) is 12.0 Å². The Morgan fingerprint density at radius 2 is 1.71 bits per heavy atom. The molecule has 2 rings (SSSR count). The molecule has 1 aliphatic carbocycles. The summed E-state index contributed by atoms with van der Waals surface area (Å²) in [5, 5.41) is 49.9. The molecule has 0 aromatic rings. The van der Waals surface area contributed by atoms with Crippen molar-refractivity contribution in [3.05, 3.63) is 11.6 Å². The van der Waals surface area contributed by atoms with E-state index in [1.807, 2.05) is 0 Å². The van der Waals surface area contributed by atoms with E-state index in [-0.39, 0.29) is 6.42 Å². The SMILES string of the molecule is CC(=O)C(=O)/C=C1\C(C)(C)C[C@H](O)C[C@]1(C)O[C@@H]1O[C@H](CO)[C@@H](O)[C@H](O)[C@H]1O. The van der Waals surface area contributed by atoms with Crippen LogP contribution in [0.3, 0.4) is 0 Å². The first-order valence-corrected chi connectivity index (χ1v) is 9.26. The Morgan fingerprint density at radius 1 is 1.11 bits per heavy atom. The van der Waals surface area contributed by atoms with E-state index in [1.165, 1.54) is 6.08 Å². The van der Waals surface area contributed by atoms with Gasteiger partial charge in [-0.15, -0.1) is 0 Å². The number of ketones is 2. The average molecular weight is 402 g/mol. The van der Waals surface area contributed by atoms with Gasteiger partial charge in [-0.25, -0.2) is 0 Å². The van der Waals surface area contributed by atoms with Crippen LogP contribution in [0, 0.1) is 5.41 Å². The molecule has 160 valence electrons. The predicted molar refractivity (Wildman–Crippen MR) is 96.1 cm³/mol. The van der Waals surface area contributed by atoms with Crippen molar-refractivity contribution in [2.75, 3.05) is 6.61 Å². The fourth-order valence-electron chi connectivity index (χ4n) is 4.16. The van der Waals surface area contributed by atoms with Crippen LogP contribution in [0.4, 0.5) is 0 Å². The Balaban J connectivity index is 2.40. The van der Waals surface area contributed by atoms with E-state index in [0.717, 1.165) is 6.92 Å². The second-order valence-electron chi connectivity index (χ2n) is 8.47. The van der Waals surface area contributed by atoms with Crippen LogP contribution in [-0.4, -0.2) is 86.1 Å². The lowest BCUT2D eigenvalue weighted by molar-refractivity contribution is -0.325. The third-order valence-electron chi connectivity index (χ3n) is 5.52. The van der Waals surface area contributed by atoms with Crippen LogP contribution in [0.15, 0.2) is 11.6 Å². The van der Waals surface area contributed by atoms with Crippen molar-refractivity contribution in [2.45, 2.75) is 82.9 Å². The summed E-state index contributed by atoms with van der Waals surface area (Å²) in [6.07, 6.45) is -6.56. The molecule has 9 heteroatoms. The molecular weight excluding hydrogens is 372 g/mol. The summed E-state index contributed by atoms with van der Waals surface area (Å²) < 4.78 is 11.3. The number of aliphatic hydroxyl groups is 5. The number of hydrogen-bond acceptors (Lipinski definition) is 9. The molecule has 0 spiro atoms. The second-order valence-corrected chi connectivity index (χ2v) is 8.47. The lowest BCUT2D eigenvalue weighted by Crippen LogP contribution is -2.61. The summed E-state index contributed by atoms with van der Waals surface area (Å²) in [5.41, 5.74) is -1.56. The van der Waals surface area contributed by atoms with Gasteiger partial charge in [0.2, 0.25) is 5.78 Å². The highest BCUT2D eigenvalue weighted by Crippen LogP contribution is 2.48. The highest BCUT2D eigenvalue weighted by molar-refractivity contribution is 6.40. The van der Waals surface area contributed by atoms with Gasteiger partial charge in [-0.1, -0.05) is 13.8 Å². The van der Waals surface area contributed by atoms with Crippen LogP contribution >= 0.6 is 0 Å². The summed E-state index contributed by atoms with van der Waals surface area (Å²) in [6, 6.07) is 0. The number of ether oxygens (including phenoxy) is 2. The number of Topliss-reactive ketones (excluding diaryl/α,β-unsaturated/α-hetero) is 1. The van der Waals surface area contributed by atoms with Gasteiger partial charge in [-0.05, 0) is 30.4 Å². The van der Waals surface area contributed by atoms with Gasteiger partial charge in [0.05, 0.1) is 18.3 Å². The first kappa shape index (κ1) is 23.1. The molecule has 28 heavy (non-hydrogen) atoms. The number of aliphatic hydroxyl groups excluding tert-OH is 5. The van der Waals surface area contributed by atoms with E-state index in [2.05, 4.69) is 0 Å². The number of allylic oxidation sites excluding steroid dienone is 1. The number of hydrogen-bond donors (Lipinski definition) is 5. The third-order valence-corrected chi connectivity index (χ3v) is 5.52. The molecule has 0 radical (unpaired) electrons. The van der Waals surface area contributed by atoms with Gasteiger partial charge in [0.1, 0.15) is 24.4 Å². The summed E-state index contributed by atoms with van der Waals surface area (Å²) in [5.74, 6) is -1.37. The maximum absolute atomic E-state index is 12.1. The maximum Gasteiger partial charge on any atom is 0.221 e. The van der Waals surface area contributed by atoms with Gasteiger partial charge in [-0.2, -0.15) is 0 Å². The lowest BCUT2D eigenvalue weighted by atomic mass is 9.64.